The molecule has 40 heavy (non-hydrogen) atoms. The molecular formula is C30H50N4O6. The van der Waals surface area contributed by atoms with Crippen LogP contribution in [0.5, 0.6) is 5.75 Å². The van der Waals surface area contributed by atoms with Crippen LogP contribution in [0.2, 0.25) is 0 Å². The van der Waals surface area contributed by atoms with Gasteiger partial charge in [0.25, 0.3) is 0 Å². The van der Waals surface area contributed by atoms with Gasteiger partial charge in [-0.3, -0.25) is 14.4 Å². The molecule has 0 bridgehead atoms. The van der Waals surface area contributed by atoms with E-state index in [2.05, 4.69) is 31.4 Å². The third-order valence-corrected chi connectivity index (χ3v) is 6.37. The van der Waals surface area contributed by atoms with E-state index in [9.17, 15) is 24.3 Å². The largest absolute Gasteiger partial charge is 0.508 e. The summed E-state index contributed by atoms with van der Waals surface area (Å²) in [6.45, 7) is 13.7. The summed E-state index contributed by atoms with van der Waals surface area (Å²) in [5.41, 5.74) is 5.10. The van der Waals surface area contributed by atoms with Crippen LogP contribution in [0.15, 0.2) is 24.3 Å². The zero-order valence-electron chi connectivity index (χ0n) is 25.3. The van der Waals surface area contributed by atoms with Crippen molar-refractivity contribution in [3.05, 3.63) is 29.8 Å². The molecule has 10 nitrogen and oxygen atoms in total. The molecule has 5 N–H and O–H groups in total. The maximum Gasteiger partial charge on any atom is 0.408 e. The van der Waals surface area contributed by atoms with E-state index >= 15 is 0 Å². The number of hydrogen-bond acceptors (Lipinski definition) is 6. The van der Waals surface area contributed by atoms with Crippen molar-refractivity contribution in [1.29, 1.82) is 0 Å². The molecule has 3 atom stereocenters. The standard InChI is InChI=1S/C30H50N4O6/c1-8-9-10-19-32-27(37)26(22-13-15-23(35)16-14-22)34(21(4)12-11-20(2)3)28(38)24(17-18-25(31)36)33-29(39)40-30(5,6)7/h13-16,20-21,24,26,35H,8-12,17-19H2,1-7H3,(H2,31,36)(H,32,37)(H,33,39). The van der Waals surface area contributed by atoms with Crippen LogP contribution in [0.25, 0.3) is 0 Å². The lowest BCUT2D eigenvalue weighted by atomic mass is 9.96. The number of amides is 4. The highest BCUT2D eigenvalue weighted by Gasteiger charge is 2.38. The topological polar surface area (TPSA) is 151 Å². The number of primary amides is 1. The highest BCUT2D eigenvalue weighted by Crippen LogP contribution is 2.29. The molecule has 226 valence electrons. The highest BCUT2D eigenvalue weighted by molar-refractivity contribution is 5.92. The first-order valence-electron chi connectivity index (χ1n) is 14.3. The van der Waals surface area contributed by atoms with Gasteiger partial charge in [-0.15, -0.1) is 0 Å². The maximum atomic E-state index is 14.3. The van der Waals surface area contributed by atoms with Gasteiger partial charge in [-0.25, -0.2) is 4.79 Å². The smallest absolute Gasteiger partial charge is 0.408 e. The Morgan fingerprint density at radius 1 is 1.00 bits per heavy atom. The maximum absolute atomic E-state index is 14.3. The Morgan fingerprint density at radius 2 is 1.62 bits per heavy atom. The molecule has 0 aliphatic rings. The molecule has 0 saturated carbocycles. The van der Waals surface area contributed by atoms with Gasteiger partial charge in [0.05, 0.1) is 0 Å². The van der Waals surface area contributed by atoms with Crippen molar-refractivity contribution < 1.29 is 29.0 Å². The van der Waals surface area contributed by atoms with Crippen molar-refractivity contribution in [1.82, 2.24) is 15.5 Å². The summed E-state index contributed by atoms with van der Waals surface area (Å²) in [6, 6.07) is 3.58. The van der Waals surface area contributed by atoms with Crippen molar-refractivity contribution in [2.75, 3.05) is 6.54 Å². The molecular weight excluding hydrogens is 512 g/mol. The predicted molar refractivity (Wildman–Crippen MR) is 155 cm³/mol. The summed E-state index contributed by atoms with van der Waals surface area (Å²) < 4.78 is 5.38. The summed E-state index contributed by atoms with van der Waals surface area (Å²) in [6.07, 6.45) is 3.14. The summed E-state index contributed by atoms with van der Waals surface area (Å²) in [5, 5.41) is 15.5. The molecule has 1 rings (SSSR count). The number of rotatable bonds is 16. The van der Waals surface area contributed by atoms with Gasteiger partial charge in [0.15, 0.2) is 0 Å². The fourth-order valence-corrected chi connectivity index (χ4v) is 4.26. The van der Waals surface area contributed by atoms with E-state index in [0.717, 1.165) is 25.7 Å². The van der Waals surface area contributed by atoms with Gasteiger partial charge in [-0.2, -0.15) is 0 Å². The first-order valence-corrected chi connectivity index (χ1v) is 14.3. The number of carbonyl (C=O) groups is 4. The van der Waals surface area contributed by atoms with Crippen molar-refractivity contribution >= 4 is 23.8 Å². The molecule has 0 saturated heterocycles. The Kier molecular flexibility index (Phi) is 14.5. The van der Waals surface area contributed by atoms with Gasteiger partial charge in [0.1, 0.15) is 23.4 Å². The number of phenols is 1. The van der Waals surface area contributed by atoms with Crippen LogP contribution in [0.4, 0.5) is 4.79 Å². The van der Waals surface area contributed by atoms with Crippen LogP contribution in [0.1, 0.15) is 105 Å². The second kappa shape index (κ2) is 16.7. The quantitative estimate of drug-likeness (QED) is 0.217. The van der Waals surface area contributed by atoms with Crippen LogP contribution in [0, 0.1) is 5.92 Å². The Hall–Kier alpha value is -3.30. The average molecular weight is 563 g/mol. The lowest BCUT2D eigenvalue weighted by Gasteiger charge is -2.39. The number of ether oxygens (including phenoxy) is 1. The number of carbonyl (C=O) groups excluding carboxylic acids is 4. The van der Waals surface area contributed by atoms with Crippen LogP contribution in [-0.4, -0.2) is 58.1 Å². The molecule has 1 aromatic carbocycles. The minimum Gasteiger partial charge on any atom is -0.508 e. The molecule has 1 aromatic rings. The number of nitrogens with one attached hydrogen (secondary N) is 2. The number of aromatic hydroxyl groups is 1. The van der Waals surface area contributed by atoms with E-state index in [1.165, 1.54) is 17.0 Å². The van der Waals surface area contributed by atoms with Crippen LogP contribution < -0.4 is 16.4 Å². The summed E-state index contributed by atoms with van der Waals surface area (Å²) in [5.74, 6) is -1.11. The predicted octanol–water partition coefficient (Wildman–Crippen LogP) is 4.55. The van der Waals surface area contributed by atoms with Gasteiger partial charge in [-0.05, 0) is 77.0 Å². The van der Waals surface area contributed by atoms with Crippen LogP contribution >= 0.6 is 0 Å². The van der Waals surface area contributed by atoms with E-state index in [4.69, 9.17) is 10.5 Å². The monoisotopic (exact) mass is 562 g/mol. The summed E-state index contributed by atoms with van der Waals surface area (Å²) >= 11 is 0. The second-order valence-corrected chi connectivity index (χ2v) is 11.8. The van der Waals surface area contributed by atoms with Gasteiger partial charge < -0.3 is 31.1 Å². The third-order valence-electron chi connectivity index (χ3n) is 6.37. The Balaban J connectivity index is 3.56. The molecule has 0 aliphatic carbocycles. The molecule has 3 unspecified atom stereocenters. The zero-order valence-corrected chi connectivity index (χ0v) is 25.3. The first kappa shape index (κ1) is 34.7. The van der Waals surface area contributed by atoms with E-state index < -0.39 is 41.6 Å². The highest BCUT2D eigenvalue weighted by atomic mass is 16.6. The van der Waals surface area contributed by atoms with Gasteiger partial charge in [-0.1, -0.05) is 45.7 Å². The number of nitrogens with two attached hydrogens (primary N) is 1. The molecule has 0 spiro atoms. The zero-order chi connectivity index (χ0) is 30.5. The van der Waals surface area contributed by atoms with E-state index in [0.29, 0.717) is 24.4 Å². The number of phenolic OH excluding ortho intramolecular Hbond substituents is 1. The fourth-order valence-electron chi connectivity index (χ4n) is 4.26. The van der Waals surface area contributed by atoms with Crippen molar-refractivity contribution in [3.8, 4) is 5.75 Å². The normalized spacial score (nSPS) is 13.7. The van der Waals surface area contributed by atoms with Gasteiger partial charge in [0, 0.05) is 19.0 Å². The number of benzene rings is 1. The molecule has 4 amide bonds. The molecule has 0 aromatic heterocycles. The minimum absolute atomic E-state index is 0.0301. The number of unbranched alkanes of at least 4 members (excludes halogenated alkanes) is 2. The minimum atomic E-state index is -1.16. The lowest BCUT2D eigenvalue weighted by Crippen LogP contribution is -2.55. The summed E-state index contributed by atoms with van der Waals surface area (Å²) in [4.78, 5) is 53.9. The van der Waals surface area contributed by atoms with Gasteiger partial charge >= 0.3 is 6.09 Å². The van der Waals surface area contributed by atoms with Crippen LogP contribution in [0.3, 0.4) is 0 Å². The van der Waals surface area contributed by atoms with Crippen LogP contribution in [-0.2, 0) is 19.1 Å². The van der Waals surface area contributed by atoms with E-state index in [1.54, 1.807) is 32.9 Å². The number of nitrogens with zero attached hydrogens (tertiary/aromatic N) is 1. The average Bonchev–Trinajstić information content (AvgIpc) is 2.85. The van der Waals surface area contributed by atoms with Gasteiger partial charge in [0.2, 0.25) is 17.7 Å². The van der Waals surface area contributed by atoms with Crippen molar-refractivity contribution in [2.24, 2.45) is 11.7 Å². The van der Waals surface area contributed by atoms with Crippen molar-refractivity contribution in [3.63, 3.8) is 0 Å². The Bertz CT molecular complexity index is 958. The number of alkyl carbamates (subject to hydrolysis) is 1. The molecule has 0 fully saturated rings. The Labute approximate surface area is 239 Å². The van der Waals surface area contributed by atoms with E-state index in [-0.39, 0.29) is 24.5 Å². The third kappa shape index (κ3) is 12.7. The molecule has 0 aliphatic heterocycles. The number of hydrogen-bond donors (Lipinski definition) is 4. The second-order valence-electron chi connectivity index (χ2n) is 11.8. The molecule has 0 heterocycles. The van der Waals surface area contributed by atoms with E-state index in [1.807, 2.05) is 6.92 Å². The molecule has 0 radical (unpaired) electrons. The summed E-state index contributed by atoms with van der Waals surface area (Å²) in [7, 11) is 0. The first-order chi connectivity index (χ1) is 18.7. The van der Waals surface area contributed by atoms with Crippen molar-refractivity contribution in [2.45, 2.75) is 117 Å². The Morgan fingerprint density at radius 3 is 2.15 bits per heavy atom. The molecule has 10 heteroatoms. The SMILES string of the molecule is CCCCCNC(=O)C(c1ccc(O)cc1)N(C(=O)C(CCC(N)=O)NC(=O)OC(C)(C)C)C(C)CCC(C)C. The lowest BCUT2D eigenvalue weighted by molar-refractivity contribution is -0.145. The fraction of sp³-hybridized carbons (Fsp3) is 0.667.